The van der Waals surface area contributed by atoms with Crippen LogP contribution in [-0.2, 0) is 11.2 Å². The largest absolute Gasteiger partial charge is 0.497 e. The quantitative estimate of drug-likeness (QED) is 0.230. The zero-order chi connectivity index (χ0) is 17.0. The van der Waals surface area contributed by atoms with Crippen molar-refractivity contribution in [3.05, 3.63) is 29.8 Å². The summed E-state index contributed by atoms with van der Waals surface area (Å²) in [6.45, 7) is 3.39. The Labute approximate surface area is 169 Å². The standard InChI is InChI=1S/C19H31N3O2.HI/c1-20-19(22-13-14-24-15-17-6-7-17)21-12-4-3-5-16-8-10-18(23-2)11-9-16;/h8-11,17H,3-7,12-15H2,1-2H3,(H2,20,21,22);1H. The van der Waals surface area contributed by atoms with Crippen LogP contribution in [0.2, 0.25) is 0 Å². The summed E-state index contributed by atoms with van der Waals surface area (Å²) in [5.41, 5.74) is 1.35. The van der Waals surface area contributed by atoms with Gasteiger partial charge < -0.3 is 20.1 Å². The summed E-state index contributed by atoms with van der Waals surface area (Å²) in [5.74, 6) is 2.60. The van der Waals surface area contributed by atoms with Gasteiger partial charge >= 0.3 is 0 Å². The monoisotopic (exact) mass is 461 g/mol. The molecule has 0 amide bonds. The molecule has 2 rings (SSSR count). The average molecular weight is 461 g/mol. The Kier molecular flexibility index (Phi) is 11.6. The number of methoxy groups -OCH3 is 1. The molecular weight excluding hydrogens is 429 g/mol. The molecule has 1 aliphatic rings. The summed E-state index contributed by atoms with van der Waals surface area (Å²) in [5, 5.41) is 6.63. The fourth-order valence-electron chi connectivity index (χ4n) is 2.45. The molecule has 0 aliphatic heterocycles. The number of halogens is 1. The van der Waals surface area contributed by atoms with Crippen molar-refractivity contribution in [3.63, 3.8) is 0 Å². The molecule has 25 heavy (non-hydrogen) atoms. The predicted octanol–water partition coefficient (Wildman–Crippen LogP) is 3.23. The van der Waals surface area contributed by atoms with Gasteiger partial charge in [0.25, 0.3) is 0 Å². The second-order valence-corrected chi connectivity index (χ2v) is 6.25. The number of guanidine groups is 1. The summed E-state index contributed by atoms with van der Waals surface area (Å²) in [6.07, 6.45) is 6.04. The highest BCUT2D eigenvalue weighted by atomic mass is 127. The predicted molar refractivity (Wildman–Crippen MR) is 114 cm³/mol. The zero-order valence-corrected chi connectivity index (χ0v) is 17.8. The van der Waals surface area contributed by atoms with Crippen LogP contribution in [0.4, 0.5) is 0 Å². The van der Waals surface area contributed by atoms with E-state index in [4.69, 9.17) is 9.47 Å². The molecule has 1 fully saturated rings. The molecule has 0 spiro atoms. The lowest BCUT2D eigenvalue weighted by Crippen LogP contribution is -2.39. The number of hydrogen-bond donors (Lipinski definition) is 2. The summed E-state index contributed by atoms with van der Waals surface area (Å²) in [7, 11) is 3.50. The van der Waals surface area contributed by atoms with Gasteiger partial charge in [0.05, 0.1) is 13.7 Å². The highest BCUT2D eigenvalue weighted by Gasteiger charge is 2.20. The van der Waals surface area contributed by atoms with Crippen LogP contribution in [-0.4, -0.2) is 46.4 Å². The van der Waals surface area contributed by atoms with Crippen molar-refractivity contribution in [1.82, 2.24) is 10.6 Å². The molecule has 0 saturated heterocycles. The number of hydrogen-bond acceptors (Lipinski definition) is 3. The first-order valence-corrected chi connectivity index (χ1v) is 8.97. The summed E-state index contributed by atoms with van der Waals surface area (Å²) >= 11 is 0. The second kappa shape index (κ2) is 13.2. The minimum absolute atomic E-state index is 0. The third kappa shape index (κ3) is 9.89. The topological polar surface area (TPSA) is 54.9 Å². The second-order valence-electron chi connectivity index (χ2n) is 6.25. The van der Waals surface area contributed by atoms with Crippen LogP contribution in [0.5, 0.6) is 5.75 Å². The van der Waals surface area contributed by atoms with Crippen LogP contribution in [0.25, 0.3) is 0 Å². The molecule has 0 radical (unpaired) electrons. The van der Waals surface area contributed by atoms with E-state index in [0.717, 1.165) is 63.2 Å². The van der Waals surface area contributed by atoms with E-state index in [9.17, 15) is 0 Å². The number of aryl methyl sites for hydroxylation is 1. The highest BCUT2D eigenvalue weighted by molar-refractivity contribution is 14.0. The van der Waals surface area contributed by atoms with E-state index in [1.165, 1.54) is 18.4 Å². The Morgan fingerprint density at radius 1 is 1.12 bits per heavy atom. The maximum Gasteiger partial charge on any atom is 0.191 e. The van der Waals surface area contributed by atoms with Crippen LogP contribution in [0, 0.1) is 5.92 Å². The molecule has 0 atom stereocenters. The van der Waals surface area contributed by atoms with Crippen molar-refractivity contribution in [2.45, 2.75) is 32.1 Å². The molecule has 1 aliphatic carbocycles. The summed E-state index contributed by atoms with van der Waals surface area (Å²) < 4.78 is 10.8. The number of aliphatic imine (C=N–C) groups is 1. The Balaban J connectivity index is 0.00000312. The lowest BCUT2D eigenvalue weighted by Gasteiger charge is -2.12. The van der Waals surface area contributed by atoms with Crippen molar-refractivity contribution in [2.75, 3.05) is 40.5 Å². The van der Waals surface area contributed by atoms with Gasteiger partial charge in [-0.1, -0.05) is 12.1 Å². The van der Waals surface area contributed by atoms with Crippen LogP contribution in [0.15, 0.2) is 29.3 Å². The van der Waals surface area contributed by atoms with Crippen LogP contribution in [0.1, 0.15) is 31.2 Å². The SMILES string of the molecule is CN=C(NCCCCc1ccc(OC)cc1)NCCOCC1CC1.I. The third-order valence-corrected chi connectivity index (χ3v) is 4.16. The number of nitrogens with one attached hydrogen (secondary N) is 2. The first-order chi connectivity index (χ1) is 11.8. The van der Waals surface area contributed by atoms with Gasteiger partial charge in [-0.15, -0.1) is 24.0 Å². The smallest absolute Gasteiger partial charge is 0.191 e. The molecule has 0 bridgehead atoms. The van der Waals surface area contributed by atoms with Crippen molar-refractivity contribution >= 4 is 29.9 Å². The first kappa shape index (κ1) is 22.0. The van der Waals surface area contributed by atoms with E-state index >= 15 is 0 Å². The Hall–Kier alpha value is -1.02. The van der Waals surface area contributed by atoms with Crippen molar-refractivity contribution in [2.24, 2.45) is 10.9 Å². The maximum absolute atomic E-state index is 5.61. The van der Waals surface area contributed by atoms with E-state index in [1.54, 1.807) is 14.2 Å². The number of ether oxygens (including phenoxy) is 2. The number of benzene rings is 1. The molecular formula is C19H32IN3O2. The maximum atomic E-state index is 5.61. The summed E-state index contributed by atoms with van der Waals surface area (Å²) in [4.78, 5) is 4.23. The van der Waals surface area contributed by atoms with Gasteiger partial charge in [0, 0.05) is 26.7 Å². The van der Waals surface area contributed by atoms with Gasteiger partial charge in [0.2, 0.25) is 0 Å². The molecule has 0 heterocycles. The van der Waals surface area contributed by atoms with Crippen molar-refractivity contribution in [1.29, 1.82) is 0 Å². The van der Waals surface area contributed by atoms with Crippen LogP contribution in [0.3, 0.4) is 0 Å². The molecule has 1 saturated carbocycles. The minimum Gasteiger partial charge on any atom is -0.497 e. The van der Waals surface area contributed by atoms with Gasteiger partial charge in [-0.3, -0.25) is 4.99 Å². The molecule has 0 aromatic heterocycles. The molecule has 6 heteroatoms. The first-order valence-electron chi connectivity index (χ1n) is 8.97. The molecule has 142 valence electrons. The number of nitrogens with zero attached hydrogens (tertiary/aromatic N) is 1. The van der Waals surface area contributed by atoms with Gasteiger partial charge in [-0.2, -0.15) is 0 Å². The highest BCUT2D eigenvalue weighted by Crippen LogP contribution is 2.28. The summed E-state index contributed by atoms with van der Waals surface area (Å²) in [6, 6.07) is 8.30. The van der Waals surface area contributed by atoms with E-state index in [1.807, 2.05) is 12.1 Å². The van der Waals surface area contributed by atoms with E-state index in [0.29, 0.717) is 0 Å². The Morgan fingerprint density at radius 2 is 1.84 bits per heavy atom. The van der Waals surface area contributed by atoms with Crippen molar-refractivity contribution in [3.8, 4) is 5.75 Å². The zero-order valence-electron chi connectivity index (χ0n) is 15.4. The van der Waals surface area contributed by atoms with Gasteiger partial charge in [-0.05, 0) is 55.7 Å². The third-order valence-electron chi connectivity index (χ3n) is 4.16. The number of unbranched alkanes of at least 4 members (excludes halogenated alkanes) is 1. The normalized spacial score (nSPS) is 13.9. The molecule has 5 nitrogen and oxygen atoms in total. The van der Waals surface area contributed by atoms with Gasteiger partial charge in [0.1, 0.15) is 5.75 Å². The fourth-order valence-corrected chi connectivity index (χ4v) is 2.45. The minimum atomic E-state index is 0. The average Bonchev–Trinajstić information content (AvgIpc) is 3.44. The fraction of sp³-hybridized carbons (Fsp3) is 0.632. The lowest BCUT2D eigenvalue weighted by atomic mass is 10.1. The van der Waals surface area contributed by atoms with Gasteiger partial charge in [0.15, 0.2) is 5.96 Å². The molecule has 1 aromatic carbocycles. The van der Waals surface area contributed by atoms with Crippen LogP contribution >= 0.6 is 24.0 Å². The van der Waals surface area contributed by atoms with Gasteiger partial charge in [-0.25, -0.2) is 0 Å². The van der Waals surface area contributed by atoms with E-state index in [-0.39, 0.29) is 24.0 Å². The Bertz CT molecular complexity index is 490. The molecule has 1 aromatic rings. The van der Waals surface area contributed by atoms with Crippen LogP contribution < -0.4 is 15.4 Å². The molecule has 0 unspecified atom stereocenters. The van der Waals surface area contributed by atoms with E-state index < -0.39 is 0 Å². The molecule has 2 N–H and O–H groups in total. The van der Waals surface area contributed by atoms with Crippen molar-refractivity contribution < 1.29 is 9.47 Å². The lowest BCUT2D eigenvalue weighted by molar-refractivity contribution is 0.129. The Morgan fingerprint density at radius 3 is 2.48 bits per heavy atom. The van der Waals surface area contributed by atoms with E-state index in [2.05, 4.69) is 27.8 Å². The number of rotatable bonds is 11.